The number of quaternary nitrogens is 1. The van der Waals surface area contributed by atoms with Crippen LogP contribution in [0.2, 0.25) is 0 Å². The molecule has 0 aliphatic carbocycles. The fourth-order valence-electron chi connectivity index (χ4n) is 2.64. The number of aliphatic hydroxyl groups is 1. The summed E-state index contributed by atoms with van der Waals surface area (Å²) < 4.78 is 5.25. The summed E-state index contributed by atoms with van der Waals surface area (Å²) in [5.41, 5.74) is 2.11. The highest BCUT2D eigenvalue weighted by molar-refractivity contribution is 6.11. The first kappa shape index (κ1) is 15.4. The fraction of sp³-hybridized carbons (Fsp3) is 0.188. The number of nitrogens with zero attached hydrogens (tertiary/aromatic N) is 1. The molecule has 7 nitrogen and oxygen atoms in total. The topological polar surface area (TPSA) is 102 Å². The summed E-state index contributed by atoms with van der Waals surface area (Å²) in [6, 6.07) is 10.4. The molecular formula is C16H17N3O4. The molecule has 0 spiro atoms. The van der Waals surface area contributed by atoms with Crippen LogP contribution in [0.15, 0.2) is 36.4 Å². The molecule has 0 aliphatic heterocycles. The number of anilines is 1. The van der Waals surface area contributed by atoms with Crippen LogP contribution in [0, 0.1) is 5.21 Å². The van der Waals surface area contributed by atoms with E-state index < -0.39 is 5.23 Å². The number of hydrogen-bond acceptors (Lipinski definition) is 6. The molecule has 1 heterocycles. The van der Waals surface area contributed by atoms with Crippen LogP contribution >= 0.6 is 0 Å². The first-order valence-corrected chi connectivity index (χ1v) is 7.14. The standard InChI is InChI=1S/C16H17N3O4/c1-23-10-5-6-12-11(9-10)16(17-7-8-20)15-13(18-12)3-2-4-14(15)19(21)22/h2-6,9,19-21H,7-8H2,1H3,(H,17,18). The van der Waals surface area contributed by atoms with Crippen LogP contribution in [0.5, 0.6) is 5.75 Å². The van der Waals surface area contributed by atoms with E-state index in [9.17, 15) is 10.4 Å². The third kappa shape index (κ3) is 2.78. The van der Waals surface area contributed by atoms with Gasteiger partial charge in [0, 0.05) is 18.0 Å². The van der Waals surface area contributed by atoms with E-state index in [1.807, 2.05) is 6.07 Å². The Morgan fingerprint density at radius 2 is 2.09 bits per heavy atom. The number of benzene rings is 2. The normalized spacial score (nSPS) is 12.5. The lowest BCUT2D eigenvalue weighted by Gasteiger charge is -2.18. The van der Waals surface area contributed by atoms with Crippen molar-refractivity contribution in [3.05, 3.63) is 41.6 Å². The largest absolute Gasteiger partial charge is 0.595 e. The lowest BCUT2D eigenvalue weighted by atomic mass is 10.1. The van der Waals surface area contributed by atoms with Crippen LogP contribution in [-0.2, 0) is 0 Å². The summed E-state index contributed by atoms with van der Waals surface area (Å²) in [5, 5.41) is 33.5. The third-order valence-electron chi connectivity index (χ3n) is 3.65. The maximum Gasteiger partial charge on any atom is 0.175 e. The van der Waals surface area contributed by atoms with Crippen molar-refractivity contribution >= 4 is 33.2 Å². The summed E-state index contributed by atoms with van der Waals surface area (Å²) in [5.74, 6) is 0.651. The Morgan fingerprint density at radius 1 is 1.26 bits per heavy atom. The van der Waals surface area contributed by atoms with Crippen molar-refractivity contribution in [3.63, 3.8) is 0 Å². The number of aromatic nitrogens is 1. The molecule has 3 aromatic rings. The van der Waals surface area contributed by atoms with E-state index in [0.29, 0.717) is 28.9 Å². The smallest absolute Gasteiger partial charge is 0.175 e. The number of rotatable bonds is 5. The van der Waals surface area contributed by atoms with Gasteiger partial charge in [0.25, 0.3) is 0 Å². The Morgan fingerprint density at radius 3 is 2.78 bits per heavy atom. The van der Waals surface area contributed by atoms with Crippen molar-refractivity contribution in [2.24, 2.45) is 0 Å². The van der Waals surface area contributed by atoms with E-state index >= 15 is 0 Å². The van der Waals surface area contributed by atoms with Gasteiger partial charge < -0.3 is 20.4 Å². The van der Waals surface area contributed by atoms with Crippen LogP contribution < -0.4 is 15.3 Å². The number of aliphatic hydroxyl groups excluding tert-OH is 1. The summed E-state index contributed by atoms with van der Waals surface area (Å²) in [6.07, 6.45) is 0. The molecule has 23 heavy (non-hydrogen) atoms. The predicted octanol–water partition coefficient (Wildman–Crippen LogP) is 1.20. The number of nitrogens with one attached hydrogen (secondary N) is 2. The van der Waals surface area contributed by atoms with Crippen molar-refractivity contribution in [2.45, 2.75) is 0 Å². The molecule has 0 saturated carbocycles. The Hall–Kier alpha value is -2.45. The lowest BCUT2D eigenvalue weighted by molar-refractivity contribution is -0.990. The van der Waals surface area contributed by atoms with Gasteiger partial charge in [0.1, 0.15) is 5.75 Å². The third-order valence-corrected chi connectivity index (χ3v) is 3.65. The molecule has 3 rings (SSSR count). The lowest BCUT2D eigenvalue weighted by Crippen LogP contribution is -2.99. The van der Waals surface area contributed by atoms with Gasteiger partial charge in [0.05, 0.1) is 35.8 Å². The van der Waals surface area contributed by atoms with Gasteiger partial charge in [-0.2, -0.15) is 5.23 Å². The maximum absolute atomic E-state index is 11.6. The maximum atomic E-state index is 11.6. The highest BCUT2D eigenvalue weighted by Gasteiger charge is 2.16. The molecule has 1 aromatic heterocycles. The second-order valence-electron chi connectivity index (χ2n) is 5.03. The zero-order valence-corrected chi connectivity index (χ0v) is 12.5. The van der Waals surface area contributed by atoms with Crippen LogP contribution in [-0.4, -0.2) is 35.6 Å². The van der Waals surface area contributed by atoms with Gasteiger partial charge in [-0.15, -0.1) is 0 Å². The monoisotopic (exact) mass is 315 g/mol. The predicted molar refractivity (Wildman–Crippen MR) is 87.2 cm³/mol. The molecule has 120 valence electrons. The average molecular weight is 315 g/mol. The number of hydrogen-bond donors (Lipinski definition) is 4. The molecule has 1 atom stereocenters. The highest BCUT2D eigenvalue weighted by Crippen LogP contribution is 2.35. The van der Waals surface area contributed by atoms with Gasteiger partial charge in [-0.3, -0.25) is 0 Å². The molecule has 0 saturated heterocycles. The van der Waals surface area contributed by atoms with Gasteiger partial charge in [0.2, 0.25) is 0 Å². The van der Waals surface area contributed by atoms with Gasteiger partial charge in [0.15, 0.2) is 5.69 Å². The summed E-state index contributed by atoms with van der Waals surface area (Å²) in [6.45, 7) is 0.240. The molecule has 4 N–H and O–H groups in total. The van der Waals surface area contributed by atoms with E-state index in [4.69, 9.17) is 9.84 Å². The first-order valence-electron chi connectivity index (χ1n) is 7.14. The van der Waals surface area contributed by atoms with Crippen molar-refractivity contribution in [3.8, 4) is 5.75 Å². The quantitative estimate of drug-likeness (QED) is 0.417. The minimum absolute atomic E-state index is 0.0650. The first-order chi connectivity index (χ1) is 11.2. The van der Waals surface area contributed by atoms with E-state index in [2.05, 4.69) is 10.3 Å². The molecule has 2 aromatic carbocycles. The second kappa shape index (κ2) is 6.35. The zero-order chi connectivity index (χ0) is 16.4. The minimum Gasteiger partial charge on any atom is -0.595 e. The fourth-order valence-corrected chi connectivity index (χ4v) is 2.64. The van der Waals surface area contributed by atoms with Gasteiger partial charge >= 0.3 is 0 Å². The number of fused-ring (bicyclic) bond motifs is 2. The summed E-state index contributed by atoms with van der Waals surface area (Å²) in [4.78, 5) is 4.54. The summed E-state index contributed by atoms with van der Waals surface area (Å²) >= 11 is 0. The van der Waals surface area contributed by atoms with E-state index in [1.165, 1.54) is 0 Å². The summed E-state index contributed by atoms with van der Waals surface area (Å²) in [7, 11) is 1.57. The number of ether oxygens (including phenoxy) is 1. The second-order valence-corrected chi connectivity index (χ2v) is 5.03. The highest BCUT2D eigenvalue weighted by atomic mass is 16.8. The van der Waals surface area contributed by atoms with Crippen LogP contribution in [0.3, 0.4) is 0 Å². The van der Waals surface area contributed by atoms with Crippen molar-refractivity contribution in [1.29, 1.82) is 0 Å². The van der Waals surface area contributed by atoms with Crippen molar-refractivity contribution < 1.29 is 20.3 Å². The van der Waals surface area contributed by atoms with Gasteiger partial charge in [-0.05, 0) is 24.3 Å². The molecule has 0 bridgehead atoms. The molecule has 7 heteroatoms. The van der Waals surface area contributed by atoms with Gasteiger partial charge in [-0.1, -0.05) is 6.07 Å². The van der Waals surface area contributed by atoms with Crippen molar-refractivity contribution in [1.82, 2.24) is 4.98 Å². The number of pyridine rings is 1. The molecule has 0 amide bonds. The molecule has 1 unspecified atom stereocenters. The van der Waals surface area contributed by atoms with E-state index in [0.717, 1.165) is 10.9 Å². The Bertz CT molecular complexity index is 851. The Labute approximate surface area is 132 Å². The SMILES string of the molecule is COc1ccc2nc3cccc([NH+]([O-])O)c3c(NCCO)c2c1. The van der Waals surface area contributed by atoms with E-state index in [1.54, 1.807) is 37.4 Å². The van der Waals surface area contributed by atoms with Crippen LogP contribution in [0.25, 0.3) is 21.8 Å². The van der Waals surface area contributed by atoms with Crippen molar-refractivity contribution in [2.75, 3.05) is 25.6 Å². The average Bonchev–Trinajstić information content (AvgIpc) is 2.57. The van der Waals surface area contributed by atoms with Crippen LogP contribution in [0.1, 0.15) is 0 Å². The molecule has 0 fully saturated rings. The van der Waals surface area contributed by atoms with Gasteiger partial charge in [-0.25, -0.2) is 10.2 Å². The Balaban J connectivity index is 2.40. The number of methoxy groups -OCH3 is 1. The van der Waals surface area contributed by atoms with E-state index in [-0.39, 0.29) is 12.3 Å². The molecular weight excluding hydrogens is 298 g/mol. The van der Waals surface area contributed by atoms with Crippen LogP contribution in [0.4, 0.5) is 11.4 Å². The Kier molecular flexibility index (Phi) is 4.26. The molecule has 0 radical (unpaired) electrons. The minimum atomic E-state index is -1.02. The molecule has 0 aliphatic rings. The zero-order valence-electron chi connectivity index (χ0n) is 12.5.